The number of nitrogens with one attached hydrogen (secondary N) is 1. The highest BCUT2D eigenvalue weighted by Gasteiger charge is 2.46. The quantitative estimate of drug-likeness (QED) is 0.615. The molecule has 1 spiro atoms. The Morgan fingerprint density at radius 2 is 2.00 bits per heavy atom. The number of rotatable bonds is 0. The van der Waals surface area contributed by atoms with Crippen molar-refractivity contribution >= 4 is 23.6 Å². The Labute approximate surface area is 88.0 Å². The van der Waals surface area contributed by atoms with Gasteiger partial charge in [-0.1, -0.05) is 6.92 Å². The molecule has 2 heterocycles. The summed E-state index contributed by atoms with van der Waals surface area (Å²) in [6, 6.07) is 0. The zero-order chi connectivity index (χ0) is 10.2. The number of imide groups is 1. The second kappa shape index (κ2) is 3.57. The first-order valence-corrected chi connectivity index (χ1v) is 6.21. The highest BCUT2D eigenvalue weighted by atomic mass is 32.2. The minimum Gasteiger partial charge on any atom is -0.296 e. The van der Waals surface area contributed by atoms with Crippen LogP contribution in [0.3, 0.4) is 0 Å². The van der Waals surface area contributed by atoms with Crippen LogP contribution in [0.4, 0.5) is 0 Å². The van der Waals surface area contributed by atoms with Gasteiger partial charge in [0.2, 0.25) is 11.8 Å². The summed E-state index contributed by atoms with van der Waals surface area (Å²) in [6.07, 6.45) is 2.57. The van der Waals surface area contributed by atoms with E-state index in [1.54, 1.807) is 0 Å². The Bertz CT molecular complexity index is 271. The molecule has 0 radical (unpaired) electrons. The Hall–Kier alpha value is -0.510. The number of carbonyl (C=O) groups excluding carboxylic acids is 2. The lowest BCUT2D eigenvalue weighted by molar-refractivity contribution is -0.143. The van der Waals surface area contributed by atoms with Gasteiger partial charge in [0.05, 0.1) is 0 Å². The van der Waals surface area contributed by atoms with Gasteiger partial charge in [-0.05, 0) is 29.8 Å². The topological polar surface area (TPSA) is 46.2 Å². The van der Waals surface area contributed by atoms with E-state index < -0.39 is 0 Å². The van der Waals surface area contributed by atoms with Gasteiger partial charge in [0.25, 0.3) is 0 Å². The maximum absolute atomic E-state index is 11.5. The molecule has 1 N–H and O–H groups in total. The Morgan fingerprint density at radius 3 is 2.64 bits per heavy atom. The second-order valence-electron chi connectivity index (χ2n) is 4.29. The van der Waals surface area contributed by atoms with Crippen molar-refractivity contribution in [2.45, 2.75) is 26.2 Å². The van der Waals surface area contributed by atoms with Gasteiger partial charge in [-0.15, -0.1) is 0 Å². The predicted molar refractivity (Wildman–Crippen MR) is 55.9 cm³/mol. The molecule has 2 fully saturated rings. The van der Waals surface area contributed by atoms with Gasteiger partial charge in [-0.2, -0.15) is 11.8 Å². The SMILES string of the molecule is CC1C(=O)NC(=O)CC12CCSCC2. The van der Waals surface area contributed by atoms with E-state index in [9.17, 15) is 9.59 Å². The number of piperidine rings is 1. The molecule has 3 nitrogen and oxygen atoms in total. The molecule has 4 heteroatoms. The molecular weight excluding hydrogens is 198 g/mol. The Kier molecular flexibility index (Phi) is 2.56. The lowest BCUT2D eigenvalue weighted by Crippen LogP contribution is -2.52. The fraction of sp³-hybridized carbons (Fsp3) is 0.800. The molecule has 14 heavy (non-hydrogen) atoms. The van der Waals surface area contributed by atoms with Gasteiger partial charge >= 0.3 is 0 Å². The largest absolute Gasteiger partial charge is 0.296 e. The maximum atomic E-state index is 11.5. The summed E-state index contributed by atoms with van der Waals surface area (Å²) in [5, 5.41) is 2.42. The molecule has 2 saturated heterocycles. The third-order valence-electron chi connectivity index (χ3n) is 3.58. The summed E-state index contributed by atoms with van der Waals surface area (Å²) in [7, 11) is 0. The molecule has 1 unspecified atom stereocenters. The van der Waals surface area contributed by atoms with Crippen LogP contribution in [0.25, 0.3) is 0 Å². The van der Waals surface area contributed by atoms with Gasteiger partial charge in [0, 0.05) is 12.3 Å². The van der Waals surface area contributed by atoms with Crippen molar-refractivity contribution in [3.05, 3.63) is 0 Å². The number of hydrogen-bond acceptors (Lipinski definition) is 3. The van der Waals surface area contributed by atoms with Gasteiger partial charge in [-0.3, -0.25) is 14.9 Å². The van der Waals surface area contributed by atoms with E-state index in [0.29, 0.717) is 6.42 Å². The molecule has 0 aromatic rings. The van der Waals surface area contributed by atoms with E-state index in [2.05, 4.69) is 5.32 Å². The van der Waals surface area contributed by atoms with Gasteiger partial charge in [0.15, 0.2) is 0 Å². The average Bonchev–Trinajstić information content (AvgIpc) is 2.15. The predicted octanol–water partition coefficient (Wildman–Crippen LogP) is 1.18. The molecule has 2 aliphatic rings. The number of amides is 2. The highest BCUT2D eigenvalue weighted by Crippen LogP contribution is 2.45. The first kappa shape index (κ1) is 10.0. The second-order valence-corrected chi connectivity index (χ2v) is 5.51. The molecule has 2 aliphatic heterocycles. The summed E-state index contributed by atoms with van der Waals surface area (Å²) in [5.41, 5.74) is -0.0231. The smallest absolute Gasteiger partial charge is 0.229 e. The molecule has 2 amide bonds. The first-order chi connectivity index (χ1) is 6.64. The van der Waals surface area contributed by atoms with Crippen molar-refractivity contribution < 1.29 is 9.59 Å². The van der Waals surface area contributed by atoms with Crippen LogP contribution in [-0.4, -0.2) is 23.3 Å². The van der Waals surface area contributed by atoms with Crippen molar-refractivity contribution in [2.24, 2.45) is 11.3 Å². The monoisotopic (exact) mass is 213 g/mol. The summed E-state index contributed by atoms with van der Waals surface area (Å²) in [4.78, 5) is 22.9. The van der Waals surface area contributed by atoms with Crippen molar-refractivity contribution in [3.63, 3.8) is 0 Å². The summed E-state index contributed by atoms with van der Waals surface area (Å²) in [6.45, 7) is 1.96. The normalized spacial score (nSPS) is 31.6. The minimum absolute atomic E-state index is 0.00102. The first-order valence-electron chi connectivity index (χ1n) is 5.05. The zero-order valence-corrected chi connectivity index (χ0v) is 9.15. The lowest BCUT2D eigenvalue weighted by atomic mass is 9.67. The maximum Gasteiger partial charge on any atom is 0.229 e. The zero-order valence-electron chi connectivity index (χ0n) is 8.34. The summed E-state index contributed by atoms with van der Waals surface area (Å²) >= 11 is 1.92. The van der Waals surface area contributed by atoms with Crippen molar-refractivity contribution in [2.75, 3.05) is 11.5 Å². The minimum atomic E-state index is -0.0833. The number of carbonyl (C=O) groups is 2. The molecule has 78 valence electrons. The van der Waals surface area contributed by atoms with E-state index >= 15 is 0 Å². The van der Waals surface area contributed by atoms with Crippen LogP contribution in [0.2, 0.25) is 0 Å². The van der Waals surface area contributed by atoms with Crippen LogP contribution in [0.1, 0.15) is 26.2 Å². The molecule has 0 aromatic heterocycles. The van der Waals surface area contributed by atoms with Gasteiger partial charge < -0.3 is 0 Å². The Morgan fingerprint density at radius 1 is 1.36 bits per heavy atom. The standard InChI is InChI=1S/C10H15NO2S/c1-7-9(13)11-8(12)6-10(7)2-4-14-5-3-10/h7H,2-6H2,1H3,(H,11,12,13). The number of hydrogen-bond donors (Lipinski definition) is 1. The molecule has 0 bridgehead atoms. The lowest BCUT2D eigenvalue weighted by Gasteiger charge is -2.43. The summed E-state index contributed by atoms with van der Waals surface area (Å²) < 4.78 is 0. The average molecular weight is 213 g/mol. The molecule has 0 aromatic carbocycles. The molecule has 0 aliphatic carbocycles. The van der Waals surface area contributed by atoms with E-state index in [1.807, 2.05) is 18.7 Å². The van der Waals surface area contributed by atoms with E-state index in [-0.39, 0.29) is 23.1 Å². The summed E-state index contributed by atoms with van der Waals surface area (Å²) in [5.74, 6) is 2.02. The van der Waals surface area contributed by atoms with Gasteiger partial charge in [-0.25, -0.2) is 0 Å². The third-order valence-corrected chi connectivity index (χ3v) is 4.56. The van der Waals surface area contributed by atoms with E-state index in [0.717, 1.165) is 24.3 Å². The third kappa shape index (κ3) is 1.56. The van der Waals surface area contributed by atoms with Crippen LogP contribution >= 0.6 is 11.8 Å². The van der Waals surface area contributed by atoms with Crippen LogP contribution < -0.4 is 5.32 Å². The number of thioether (sulfide) groups is 1. The fourth-order valence-electron chi connectivity index (χ4n) is 2.43. The van der Waals surface area contributed by atoms with Crippen molar-refractivity contribution in [1.29, 1.82) is 0 Å². The van der Waals surface area contributed by atoms with Crippen molar-refractivity contribution in [3.8, 4) is 0 Å². The van der Waals surface area contributed by atoms with Gasteiger partial charge in [0.1, 0.15) is 0 Å². The fourth-order valence-corrected chi connectivity index (χ4v) is 3.73. The Balaban J connectivity index is 2.21. The molecule has 1 atom stereocenters. The van der Waals surface area contributed by atoms with E-state index in [1.165, 1.54) is 0 Å². The highest BCUT2D eigenvalue weighted by molar-refractivity contribution is 7.99. The van der Waals surface area contributed by atoms with E-state index in [4.69, 9.17) is 0 Å². The van der Waals surface area contributed by atoms with Crippen LogP contribution in [0.15, 0.2) is 0 Å². The van der Waals surface area contributed by atoms with Crippen molar-refractivity contribution in [1.82, 2.24) is 5.32 Å². The molecular formula is C10H15NO2S. The molecule has 0 saturated carbocycles. The van der Waals surface area contributed by atoms with Crippen LogP contribution in [0, 0.1) is 11.3 Å². The molecule has 2 rings (SSSR count). The van der Waals surface area contributed by atoms with Crippen LogP contribution in [-0.2, 0) is 9.59 Å². The van der Waals surface area contributed by atoms with Crippen LogP contribution in [0.5, 0.6) is 0 Å².